The van der Waals surface area contributed by atoms with Gasteiger partial charge in [0.15, 0.2) is 19.0 Å². The van der Waals surface area contributed by atoms with Gasteiger partial charge < -0.3 is 14.4 Å². The number of ketones is 1. The smallest absolute Gasteiger partial charge is 0.344 e. The Hall–Kier alpha value is -3.15. The van der Waals surface area contributed by atoms with E-state index in [1.807, 2.05) is 25.1 Å². The third-order valence-electron chi connectivity index (χ3n) is 5.06. The number of carbonyl (C=O) groups excluding carboxylic acids is 3. The van der Waals surface area contributed by atoms with Crippen molar-refractivity contribution >= 4 is 23.3 Å². The first-order chi connectivity index (χ1) is 13.8. The van der Waals surface area contributed by atoms with Gasteiger partial charge in [0.1, 0.15) is 5.75 Å². The molecule has 0 spiro atoms. The van der Waals surface area contributed by atoms with Gasteiger partial charge in [-0.1, -0.05) is 19.9 Å². The largest absolute Gasteiger partial charge is 0.482 e. The van der Waals surface area contributed by atoms with Crippen LogP contribution in [0.2, 0.25) is 0 Å². The van der Waals surface area contributed by atoms with E-state index in [1.54, 1.807) is 30.1 Å². The van der Waals surface area contributed by atoms with E-state index in [4.69, 9.17) is 9.47 Å². The Labute approximate surface area is 170 Å². The van der Waals surface area contributed by atoms with Crippen molar-refractivity contribution in [1.82, 2.24) is 0 Å². The number of benzene rings is 2. The lowest BCUT2D eigenvalue weighted by Crippen LogP contribution is -2.20. The van der Waals surface area contributed by atoms with Gasteiger partial charge in [0, 0.05) is 18.3 Å². The Morgan fingerprint density at radius 1 is 1.10 bits per heavy atom. The molecule has 0 bridgehead atoms. The number of aryl methyl sites for hydroxylation is 1. The summed E-state index contributed by atoms with van der Waals surface area (Å²) < 4.78 is 10.5. The molecule has 1 aliphatic heterocycles. The molecule has 1 aliphatic rings. The average Bonchev–Trinajstić information content (AvgIpc) is 2.97. The van der Waals surface area contributed by atoms with Gasteiger partial charge in [-0.15, -0.1) is 0 Å². The van der Waals surface area contributed by atoms with Gasteiger partial charge in [-0.05, 0) is 59.9 Å². The maximum Gasteiger partial charge on any atom is 0.344 e. The standard InChI is InChI=1S/C23H25NO5/c1-14(2)19-7-6-18(9-15(19)3)28-13-23(27)29-12-21(25)16-5-8-20-17(10-16)11-22(26)24(20)4/h5-10,14H,11-13H2,1-4H3. The van der Waals surface area contributed by atoms with Crippen molar-refractivity contribution in [3.8, 4) is 5.75 Å². The number of anilines is 1. The summed E-state index contributed by atoms with van der Waals surface area (Å²) in [6, 6.07) is 10.8. The van der Waals surface area contributed by atoms with Crippen molar-refractivity contribution in [2.75, 3.05) is 25.2 Å². The quantitative estimate of drug-likeness (QED) is 0.530. The van der Waals surface area contributed by atoms with Crippen LogP contribution in [0.5, 0.6) is 5.75 Å². The van der Waals surface area contributed by atoms with Gasteiger partial charge in [0.25, 0.3) is 0 Å². The molecule has 2 aromatic carbocycles. The third-order valence-corrected chi connectivity index (χ3v) is 5.06. The molecule has 1 amide bonds. The van der Waals surface area contributed by atoms with Crippen molar-refractivity contribution in [2.45, 2.75) is 33.1 Å². The van der Waals surface area contributed by atoms with E-state index < -0.39 is 5.97 Å². The Kier molecular flexibility index (Phi) is 6.01. The molecule has 0 aromatic heterocycles. The molecule has 0 fully saturated rings. The van der Waals surface area contributed by atoms with Gasteiger partial charge >= 0.3 is 5.97 Å². The minimum Gasteiger partial charge on any atom is -0.482 e. The first kappa shape index (κ1) is 20.6. The van der Waals surface area contributed by atoms with Gasteiger partial charge in [0.2, 0.25) is 5.91 Å². The molecule has 0 saturated carbocycles. The van der Waals surface area contributed by atoms with Crippen LogP contribution in [-0.4, -0.2) is 37.9 Å². The molecule has 6 heteroatoms. The number of esters is 1. The number of rotatable bonds is 7. The number of amides is 1. The van der Waals surface area contributed by atoms with Crippen molar-refractivity contribution in [2.24, 2.45) is 0 Å². The summed E-state index contributed by atoms with van der Waals surface area (Å²) in [5.41, 5.74) is 4.35. The Balaban J connectivity index is 1.51. The molecule has 0 atom stereocenters. The highest BCUT2D eigenvalue weighted by Gasteiger charge is 2.25. The van der Waals surface area contributed by atoms with E-state index in [2.05, 4.69) is 13.8 Å². The minimum absolute atomic E-state index is 0.00941. The summed E-state index contributed by atoms with van der Waals surface area (Å²) in [7, 11) is 1.70. The van der Waals surface area contributed by atoms with Crippen molar-refractivity contribution in [1.29, 1.82) is 0 Å². The third kappa shape index (κ3) is 4.65. The predicted molar refractivity (Wildman–Crippen MR) is 110 cm³/mol. The highest BCUT2D eigenvalue weighted by Crippen LogP contribution is 2.28. The summed E-state index contributed by atoms with van der Waals surface area (Å²) >= 11 is 0. The fourth-order valence-electron chi connectivity index (χ4n) is 3.44. The number of likely N-dealkylation sites (N-methyl/N-ethyl adjacent to an activating group) is 1. The molecule has 0 radical (unpaired) electrons. The number of fused-ring (bicyclic) bond motifs is 1. The Morgan fingerprint density at radius 2 is 1.86 bits per heavy atom. The molecule has 0 unspecified atom stereocenters. The van der Waals surface area contributed by atoms with E-state index in [-0.39, 0.29) is 31.3 Å². The lowest BCUT2D eigenvalue weighted by molar-refractivity contribution is -0.144. The van der Waals surface area contributed by atoms with Crippen LogP contribution < -0.4 is 9.64 Å². The molecular weight excluding hydrogens is 370 g/mol. The van der Waals surface area contributed by atoms with Crippen LogP contribution in [0.1, 0.15) is 46.8 Å². The van der Waals surface area contributed by atoms with Crippen molar-refractivity contribution < 1.29 is 23.9 Å². The summed E-state index contributed by atoms with van der Waals surface area (Å²) in [6.45, 7) is 5.61. The zero-order valence-electron chi connectivity index (χ0n) is 17.2. The second kappa shape index (κ2) is 8.47. The van der Waals surface area contributed by atoms with Gasteiger partial charge in [0.05, 0.1) is 6.42 Å². The van der Waals surface area contributed by atoms with Crippen LogP contribution in [-0.2, 0) is 20.7 Å². The maximum absolute atomic E-state index is 12.3. The van der Waals surface area contributed by atoms with Crippen molar-refractivity contribution in [3.63, 3.8) is 0 Å². The van der Waals surface area contributed by atoms with E-state index in [1.165, 1.54) is 5.56 Å². The first-order valence-corrected chi connectivity index (χ1v) is 9.58. The first-order valence-electron chi connectivity index (χ1n) is 9.58. The van der Waals surface area contributed by atoms with E-state index in [9.17, 15) is 14.4 Å². The van der Waals surface area contributed by atoms with Crippen LogP contribution in [0.15, 0.2) is 36.4 Å². The fraction of sp³-hybridized carbons (Fsp3) is 0.348. The number of ether oxygens (including phenoxy) is 2. The molecule has 0 N–H and O–H groups in total. The topological polar surface area (TPSA) is 72.9 Å². The average molecular weight is 395 g/mol. The number of hydrogen-bond donors (Lipinski definition) is 0. The zero-order chi connectivity index (χ0) is 21.1. The SMILES string of the molecule is Cc1cc(OCC(=O)OCC(=O)c2ccc3c(c2)CC(=O)N3C)ccc1C(C)C. The lowest BCUT2D eigenvalue weighted by atomic mass is 9.98. The maximum atomic E-state index is 12.3. The van der Waals surface area contributed by atoms with Gasteiger partial charge in [-0.25, -0.2) is 4.79 Å². The molecule has 29 heavy (non-hydrogen) atoms. The van der Waals surface area contributed by atoms with Crippen LogP contribution >= 0.6 is 0 Å². The predicted octanol–water partition coefficient (Wildman–Crippen LogP) is 3.44. The summed E-state index contributed by atoms with van der Waals surface area (Å²) in [6.07, 6.45) is 0.273. The number of carbonyl (C=O) groups is 3. The second-order valence-electron chi connectivity index (χ2n) is 7.52. The number of nitrogens with zero attached hydrogens (tertiary/aromatic N) is 1. The highest BCUT2D eigenvalue weighted by molar-refractivity contribution is 6.03. The molecule has 0 aliphatic carbocycles. The zero-order valence-corrected chi connectivity index (χ0v) is 17.2. The Morgan fingerprint density at radius 3 is 2.55 bits per heavy atom. The van der Waals surface area contributed by atoms with Crippen LogP contribution in [0.25, 0.3) is 0 Å². The van der Waals surface area contributed by atoms with Crippen LogP contribution in [0.3, 0.4) is 0 Å². The number of Topliss-reactive ketones (excluding diaryl/α,β-unsaturated/α-hetero) is 1. The summed E-state index contributed by atoms with van der Waals surface area (Å²) in [5, 5.41) is 0. The normalized spacial score (nSPS) is 12.9. The second-order valence-corrected chi connectivity index (χ2v) is 7.52. The molecule has 6 nitrogen and oxygen atoms in total. The summed E-state index contributed by atoms with van der Waals surface area (Å²) in [5.74, 6) is 0.0606. The van der Waals surface area contributed by atoms with Crippen LogP contribution in [0, 0.1) is 6.92 Å². The summed E-state index contributed by atoms with van der Waals surface area (Å²) in [4.78, 5) is 37.6. The molecule has 2 aromatic rings. The van der Waals surface area contributed by atoms with E-state index in [0.717, 1.165) is 16.8 Å². The number of hydrogen-bond acceptors (Lipinski definition) is 5. The van der Waals surface area contributed by atoms with E-state index >= 15 is 0 Å². The van der Waals surface area contributed by atoms with Gasteiger partial charge in [-0.2, -0.15) is 0 Å². The lowest BCUT2D eigenvalue weighted by Gasteiger charge is -2.12. The molecule has 1 heterocycles. The molecular formula is C23H25NO5. The molecule has 3 rings (SSSR count). The highest BCUT2D eigenvalue weighted by atomic mass is 16.6. The van der Waals surface area contributed by atoms with Crippen molar-refractivity contribution in [3.05, 3.63) is 58.7 Å². The Bertz CT molecular complexity index is 964. The monoisotopic (exact) mass is 395 g/mol. The molecule has 0 saturated heterocycles. The molecule has 152 valence electrons. The van der Waals surface area contributed by atoms with E-state index in [0.29, 0.717) is 17.2 Å². The minimum atomic E-state index is -0.611. The fourth-order valence-corrected chi connectivity index (χ4v) is 3.44. The van der Waals surface area contributed by atoms with Crippen LogP contribution in [0.4, 0.5) is 5.69 Å². The van der Waals surface area contributed by atoms with Gasteiger partial charge in [-0.3, -0.25) is 9.59 Å².